The van der Waals surface area contributed by atoms with E-state index in [2.05, 4.69) is 32.9 Å². The monoisotopic (exact) mass is 438 g/mol. The summed E-state index contributed by atoms with van der Waals surface area (Å²) >= 11 is 9.78. The Morgan fingerprint density at radius 3 is 1.69 bits per heavy atom. The van der Waals surface area contributed by atoms with Crippen molar-refractivity contribution in [2.45, 2.75) is 128 Å². The van der Waals surface area contributed by atoms with Crippen LogP contribution in [0.4, 0.5) is 0 Å². The van der Waals surface area contributed by atoms with Crippen LogP contribution in [0.25, 0.3) is 0 Å². The number of phenolic OH excluding ortho intramolecular Hbond substituents is 1. The first-order valence-corrected chi connectivity index (χ1v) is 13.3. The van der Waals surface area contributed by atoms with Gasteiger partial charge in [-0.3, -0.25) is 0 Å². The lowest BCUT2D eigenvalue weighted by Gasteiger charge is -2.20. The minimum atomic E-state index is 0.112. The summed E-state index contributed by atoms with van der Waals surface area (Å²) in [6.45, 7) is 6.63. The summed E-state index contributed by atoms with van der Waals surface area (Å²) in [5.74, 6) is 0.460. The number of hydrogen-bond donors (Lipinski definition) is 3. The minimum Gasteiger partial charge on any atom is -0.507 e. The van der Waals surface area contributed by atoms with Crippen LogP contribution in [0.3, 0.4) is 0 Å². The van der Waals surface area contributed by atoms with Crippen molar-refractivity contribution in [1.82, 2.24) is 0 Å². The van der Waals surface area contributed by atoms with Crippen molar-refractivity contribution >= 4 is 25.3 Å². The molecule has 2 unspecified atom stereocenters. The highest BCUT2D eigenvalue weighted by Crippen LogP contribution is 2.39. The predicted octanol–water partition coefficient (Wildman–Crippen LogP) is 9.40. The van der Waals surface area contributed by atoms with Crippen molar-refractivity contribution in [2.75, 3.05) is 0 Å². The first-order chi connectivity index (χ1) is 14.0. The normalized spacial score (nSPS) is 13.6. The van der Waals surface area contributed by atoms with Crippen LogP contribution >= 0.6 is 25.3 Å². The lowest BCUT2D eigenvalue weighted by molar-refractivity contribution is 0.458. The minimum absolute atomic E-state index is 0.112. The van der Waals surface area contributed by atoms with Crippen molar-refractivity contribution in [2.24, 2.45) is 0 Å². The van der Waals surface area contributed by atoms with Crippen molar-refractivity contribution in [3.8, 4) is 5.75 Å². The van der Waals surface area contributed by atoms with Crippen LogP contribution in [0.1, 0.15) is 138 Å². The second-order valence-electron chi connectivity index (χ2n) is 8.62. The van der Waals surface area contributed by atoms with Gasteiger partial charge in [-0.25, -0.2) is 0 Å². The maximum Gasteiger partial charge on any atom is 0.123 e. The van der Waals surface area contributed by atoms with Gasteiger partial charge in [-0.1, -0.05) is 104 Å². The molecule has 0 bridgehead atoms. The predicted molar refractivity (Wildman–Crippen MR) is 137 cm³/mol. The van der Waals surface area contributed by atoms with E-state index in [0.29, 0.717) is 5.75 Å². The van der Waals surface area contributed by atoms with Crippen LogP contribution in [0, 0.1) is 0 Å². The van der Waals surface area contributed by atoms with E-state index in [-0.39, 0.29) is 10.5 Å². The van der Waals surface area contributed by atoms with E-state index in [4.69, 9.17) is 25.3 Å². The topological polar surface area (TPSA) is 20.2 Å². The SMILES string of the molecule is CCCCCCCCC(S)c1cc(CC)c(O)c(C(S)CCCCCCCC)c1. The molecule has 0 spiro atoms. The van der Waals surface area contributed by atoms with Gasteiger partial charge in [0, 0.05) is 16.1 Å². The number of aryl methyl sites for hydroxylation is 1. The Bertz CT molecular complexity index is 544. The molecule has 1 rings (SSSR count). The molecule has 0 radical (unpaired) electrons. The van der Waals surface area contributed by atoms with E-state index in [9.17, 15) is 5.11 Å². The van der Waals surface area contributed by atoms with Crippen LogP contribution < -0.4 is 0 Å². The Balaban J connectivity index is 2.63. The fourth-order valence-electron chi connectivity index (χ4n) is 4.02. The number of aromatic hydroxyl groups is 1. The summed E-state index contributed by atoms with van der Waals surface area (Å²) in [5.41, 5.74) is 3.31. The zero-order valence-electron chi connectivity index (χ0n) is 19.3. The first kappa shape index (κ1) is 26.8. The molecule has 0 fully saturated rings. The molecule has 0 heterocycles. The molecule has 1 aromatic rings. The summed E-state index contributed by atoms with van der Waals surface area (Å²) < 4.78 is 0. The van der Waals surface area contributed by atoms with Gasteiger partial charge < -0.3 is 5.11 Å². The van der Waals surface area contributed by atoms with E-state index in [1.54, 1.807) is 0 Å². The zero-order chi connectivity index (χ0) is 21.5. The Labute approximate surface area is 192 Å². The molecule has 0 amide bonds. The molecule has 168 valence electrons. The van der Waals surface area contributed by atoms with Gasteiger partial charge >= 0.3 is 0 Å². The molecule has 0 aliphatic rings. The largest absolute Gasteiger partial charge is 0.507 e. The zero-order valence-corrected chi connectivity index (χ0v) is 21.0. The quantitative estimate of drug-likeness (QED) is 0.163. The van der Waals surface area contributed by atoms with Gasteiger partial charge in [0.2, 0.25) is 0 Å². The standard InChI is InChI=1S/C26H46OS2/c1-4-7-9-11-13-15-17-24(28)22-19-21(6-3)26(27)23(20-22)25(29)18-16-14-12-10-8-5-2/h19-20,24-25,27-29H,4-18H2,1-3H3. The van der Waals surface area contributed by atoms with Crippen molar-refractivity contribution in [3.63, 3.8) is 0 Å². The molecular weight excluding hydrogens is 392 g/mol. The lowest BCUT2D eigenvalue weighted by atomic mass is 9.94. The molecular formula is C26H46OS2. The molecule has 0 saturated heterocycles. The molecule has 1 aromatic carbocycles. The molecule has 0 saturated carbocycles. The summed E-state index contributed by atoms with van der Waals surface area (Å²) in [4.78, 5) is 0. The Morgan fingerprint density at radius 2 is 1.17 bits per heavy atom. The van der Waals surface area contributed by atoms with E-state index in [1.165, 1.54) is 82.6 Å². The van der Waals surface area contributed by atoms with Crippen LogP contribution in [-0.4, -0.2) is 5.11 Å². The van der Waals surface area contributed by atoms with E-state index >= 15 is 0 Å². The maximum absolute atomic E-state index is 10.8. The molecule has 3 heteroatoms. The van der Waals surface area contributed by atoms with Crippen molar-refractivity contribution in [1.29, 1.82) is 0 Å². The fraction of sp³-hybridized carbons (Fsp3) is 0.769. The number of rotatable bonds is 17. The number of benzene rings is 1. The molecule has 0 aliphatic heterocycles. The average Bonchev–Trinajstić information content (AvgIpc) is 2.72. The van der Waals surface area contributed by atoms with E-state index < -0.39 is 0 Å². The average molecular weight is 439 g/mol. The molecule has 1 nitrogen and oxygen atoms in total. The highest BCUT2D eigenvalue weighted by atomic mass is 32.1. The number of thiol groups is 2. The van der Waals surface area contributed by atoms with Gasteiger partial charge in [0.15, 0.2) is 0 Å². The van der Waals surface area contributed by atoms with Gasteiger partial charge in [-0.05, 0) is 36.5 Å². The number of hydrogen-bond acceptors (Lipinski definition) is 3. The van der Waals surface area contributed by atoms with Crippen LogP contribution in [0.15, 0.2) is 12.1 Å². The molecule has 1 N–H and O–H groups in total. The van der Waals surface area contributed by atoms with E-state index in [0.717, 1.165) is 30.4 Å². The van der Waals surface area contributed by atoms with Crippen LogP contribution in [0.5, 0.6) is 5.75 Å². The first-order valence-electron chi connectivity index (χ1n) is 12.3. The van der Waals surface area contributed by atoms with Gasteiger partial charge in [0.05, 0.1) is 0 Å². The van der Waals surface area contributed by atoms with E-state index in [1.807, 2.05) is 0 Å². The fourth-order valence-corrected chi connectivity index (χ4v) is 4.73. The summed E-state index contributed by atoms with van der Waals surface area (Å²) in [5, 5.41) is 11.1. The molecule has 29 heavy (non-hydrogen) atoms. The smallest absolute Gasteiger partial charge is 0.123 e. The third-order valence-electron chi connectivity index (χ3n) is 6.03. The number of unbranched alkanes of at least 4 members (excludes halogenated alkanes) is 10. The van der Waals surface area contributed by atoms with Crippen molar-refractivity contribution in [3.05, 3.63) is 28.8 Å². The molecule has 0 aromatic heterocycles. The third kappa shape index (κ3) is 10.5. The van der Waals surface area contributed by atoms with Gasteiger partial charge in [0.1, 0.15) is 5.75 Å². The number of phenols is 1. The Morgan fingerprint density at radius 1 is 0.690 bits per heavy atom. The second kappa shape index (κ2) is 16.4. The maximum atomic E-state index is 10.8. The van der Waals surface area contributed by atoms with Gasteiger partial charge in [-0.15, -0.1) is 0 Å². The summed E-state index contributed by atoms with van der Waals surface area (Å²) in [6, 6.07) is 4.34. The lowest BCUT2D eigenvalue weighted by Crippen LogP contribution is -2.00. The Hall–Kier alpha value is -0.280. The second-order valence-corrected chi connectivity index (χ2v) is 9.86. The molecule has 2 atom stereocenters. The van der Waals surface area contributed by atoms with Gasteiger partial charge in [0.25, 0.3) is 0 Å². The highest BCUT2D eigenvalue weighted by molar-refractivity contribution is 7.80. The van der Waals surface area contributed by atoms with Crippen LogP contribution in [0.2, 0.25) is 0 Å². The summed E-state index contributed by atoms with van der Waals surface area (Å²) in [6.07, 6.45) is 18.6. The third-order valence-corrected chi connectivity index (χ3v) is 7.12. The highest BCUT2D eigenvalue weighted by Gasteiger charge is 2.18. The van der Waals surface area contributed by atoms with Gasteiger partial charge in [-0.2, -0.15) is 25.3 Å². The van der Waals surface area contributed by atoms with Crippen molar-refractivity contribution < 1.29 is 5.11 Å². The molecule has 0 aliphatic carbocycles. The Kier molecular flexibility index (Phi) is 15.1. The van der Waals surface area contributed by atoms with Crippen LogP contribution in [-0.2, 0) is 6.42 Å². The summed E-state index contributed by atoms with van der Waals surface area (Å²) in [7, 11) is 0.